The summed E-state index contributed by atoms with van der Waals surface area (Å²) in [5, 5.41) is 10.4. The minimum absolute atomic E-state index is 0.430. The predicted octanol–water partition coefficient (Wildman–Crippen LogP) is 1.76. The highest BCUT2D eigenvalue weighted by Crippen LogP contribution is 2.14. The third-order valence-corrected chi connectivity index (χ3v) is 2.05. The van der Waals surface area contributed by atoms with Crippen molar-refractivity contribution >= 4 is 16.7 Å². The molecule has 3 heteroatoms. The van der Waals surface area contributed by atoms with E-state index in [1.165, 1.54) is 0 Å². The second kappa shape index (κ2) is 3.47. The summed E-state index contributed by atoms with van der Waals surface area (Å²) in [6.07, 6.45) is 0. The number of hydrogen-bond donors (Lipinski definition) is 2. The largest absolute Gasteiger partial charge is 0.288 e. The van der Waals surface area contributed by atoms with Gasteiger partial charge in [-0.05, 0) is 35.0 Å². The molecule has 2 aromatic rings. The maximum atomic E-state index is 11.1. The summed E-state index contributed by atoms with van der Waals surface area (Å²) in [5.41, 5.74) is 2.03. The molecule has 14 heavy (non-hydrogen) atoms. The number of nitrogens with one attached hydrogen (secondary N) is 1. The van der Waals surface area contributed by atoms with Crippen molar-refractivity contribution < 1.29 is 10.0 Å². The fourth-order valence-electron chi connectivity index (χ4n) is 1.33. The van der Waals surface area contributed by atoms with Crippen molar-refractivity contribution in [2.45, 2.75) is 0 Å². The fourth-order valence-corrected chi connectivity index (χ4v) is 1.33. The Balaban J connectivity index is 2.56. The highest BCUT2D eigenvalue weighted by molar-refractivity contribution is 5.97. The van der Waals surface area contributed by atoms with Gasteiger partial charge in [-0.3, -0.25) is 10.0 Å². The highest BCUT2D eigenvalue weighted by Gasteiger charge is 2.03. The standard InChI is InChI=1S/C11H8NO2/c13-11(12-14)10-6-5-8-3-1-2-4-9(8)7-10/h1,3-7,14H,(H,12,13). The Morgan fingerprint density at radius 2 is 2.14 bits per heavy atom. The molecule has 0 aliphatic carbocycles. The van der Waals surface area contributed by atoms with Crippen LogP contribution in [0.25, 0.3) is 10.8 Å². The lowest BCUT2D eigenvalue weighted by Crippen LogP contribution is -2.18. The Morgan fingerprint density at radius 3 is 2.93 bits per heavy atom. The minimum atomic E-state index is -0.504. The second-order valence-electron chi connectivity index (χ2n) is 2.93. The number of benzene rings is 2. The molecule has 1 amide bonds. The van der Waals surface area contributed by atoms with Gasteiger partial charge in [0, 0.05) is 5.56 Å². The average Bonchev–Trinajstić information content (AvgIpc) is 2.27. The van der Waals surface area contributed by atoms with Gasteiger partial charge in [0.15, 0.2) is 0 Å². The van der Waals surface area contributed by atoms with Gasteiger partial charge >= 0.3 is 0 Å². The molecular formula is C11H8NO2. The number of rotatable bonds is 1. The average molecular weight is 186 g/mol. The van der Waals surface area contributed by atoms with E-state index in [1.54, 1.807) is 23.7 Å². The highest BCUT2D eigenvalue weighted by atomic mass is 16.5. The molecular weight excluding hydrogens is 178 g/mol. The van der Waals surface area contributed by atoms with Crippen LogP contribution in [0.5, 0.6) is 0 Å². The van der Waals surface area contributed by atoms with Crippen LogP contribution in [0.2, 0.25) is 0 Å². The van der Waals surface area contributed by atoms with Gasteiger partial charge in [-0.1, -0.05) is 18.2 Å². The van der Waals surface area contributed by atoms with Crippen molar-refractivity contribution in [3.05, 3.63) is 48.0 Å². The lowest BCUT2D eigenvalue weighted by molar-refractivity contribution is 0.0706. The zero-order valence-corrected chi connectivity index (χ0v) is 7.32. The Hall–Kier alpha value is -1.87. The first-order valence-electron chi connectivity index (χ1n) is 4.15. The molecule has 0 saturated carbocycles. The summed E-state index contributed by atoms with van der Waals surface area (Å²) in [4.78, 5) is 11.1. The number of hydrogen-bond acceptors (Lipinski definition) is 2. The lowest BCUT2D eigenvalue weighted by Gasteiger charge is -2.00. The normalized spacial score (nSPS) is 10.1. The van der Waals surface area contributed by atoms with E-state index >= 15 is 0 Å². The minimum Gasteiger partial charge on any atom is -0.288 e. The molecule has 0 spiro atoms. The molecule has 0 bridgehead atoms. The molecule has 0 unspecified atom stereocenters. The molecule has 0 fully saturated rings. The van der Waals surface area contributed by atoms with Crippen LogP contribution in [0.1, 0.15) is 10.4 Å². The summed E-state index contributed by atoms with van der Waals surface area (Å²) in [5.74, 6) is -0.504. The Kier molecular flexibility index (Phi) is 2.16. The van der Waals surface area contributed by atoms with Crippen LogP contribution in [-0.2, 0) is 0 Å². The first kappa shape index (κ1) is 8.72. The number of hydroxylamine groups is 1. The molecule has 3 nitrogen and oxygen atoms in total. The van der Waals surface area contributed by atoms with Crippen molar-refractivity contribution in [1.29, 1.82) is 0 Å². The smallest absolute Gasteiger partial charge is 0.274 e. The van der Waals surface area contributed by atoms with Crippen LogP contribution < -0.4 is 5.48 Å². The number of carbonyl (C=O) groups excluding carboxylic acids is 1. The Bertz CT molecular complexity index is 479. The zero-order valence-electron chi connectivity index (χ0n) is 7.32. The Morgan fingerprint density at radius 1 is 1.29 bits per heavy atom. The zero-order chi connectivity index (χ0) is 9.97. The molecule has 0 aliphatic rings. The first-order valence-corrected chi connectivity index (χ1v) is 4.15. The van der Waals surface area contributed by atoms with Gasteiger partial charge in [-0.25, -0.2) is 5.48 Å². The molecule has 0 aliphatic heterocycles. The maximum Gasteiger partial charge on any atom is 0.274 e. The predicted molar refractivity (Wildman–Crippen MR) is 52.0 cm³/mol. The lowest BCUT2D eigenvalue weighted by atomic mass is 10.1. The summed E-state index contributed by atoms with van der Waals surface area (Å²) in [6.45, 7) is 0. The quantitative estimate of drug-likeness (QED) is 0.526. The van der Waals surface area contributed by atoms with Crippen LogP contribution in [0.3, 0.4) is 0 Å². The first-order chi connectivity index (χ1) is 6.81. The number of amides is 1. The molecule has 2 aromatic carbocycles. The van der Waals surface area contributed by atoms with E-state index in [0.717, 1.165) is 10.8 Å². The molecule has 0 atom stereocenters. The van der Waals surface area contributed by atoms with Gasteiger partial charge in [0.25, 0.3) is 5.91 Å². The molecule has 2 N–H and O–H groups in total. The number of carbonyl (C=O) groups is 1. The van der Waals surface area contributed by atoms with Crippen LogP contribution in [-0.4, -0.2) is 11.1 Å². The van der Waals surface area contributed by atoms with Crippen LogP contribution in [0.4, 0.5) is 0 Å². The van der Waals surface area contributed by atoms with Crippen LogP contribution in [0.15, 0.2) is 36.4 Å². The van der Waals surface area contributed by atoms with Crippen LogP contribution >= 0.6 is 0 Å². The van der Waals surface area contributed by atoms with E-state index in [9.17, 15) is 4.79 Å². The topological polar surface area (TPSA) is 49.3 Å². The van der Waals surface area contributed by atoms with Crippen LogP contribution in [0, 0.1) is 6.07 Å². The summed E-state index contributed by atoms with van der Waals surface area (Å²) in [7, 11) is 0. The summed E-state index contributed by atoms with van der Waals surface area (Å²) >= 11 is 0. The second-order valence-corrected chi connectivity index (χ2v) is 2.93. The molecule has 69 valence electrons. The molecule has 0 aromatic heterocycles. The van der Waals surface area contributed by atoms with Gasteiger partial charge in [0.1, 0.15) is 0 Å². The van der Waals surface area contributed by atoms with Crippen molar-refractivity contribution in [2.24, 2.45) is 0 Å². The van der Waals surface area contributed by atoms with Crippen molar-refractivity contribution in [3.8, 4) is 0 Å². The molecule has 0 saturated heterocycles. The van der Waals surface area contributed by atoms with Gasteiger partial charge in [0.2, 0.25) is 0 Å². The monoisotopic (exact) mass is 186 g/mol. The van der Waals surface area contributed by atoms with Crippen molar-refractivity contribution in [2.75, 3.05) is 0 Å². The van der Waals surface area contributed by atoms with Crippen molar-refractivity contribution in [1.82, 2.24) is 5.48 Å². The summed E-state index contributed by atoms with van der Waals surface area (Å²) in [6, 6.07) is 13.6. The van der Waals surface area contributed by atoms with E-state index in [2.05, 4.69) is 6.07 Å². The van der Waals surface area contributed by atoms with E-state index in [4.69, 9.17) is 5.21 Å². The van der Waals surface area contributed by atoms with E-state index in [-0.39, 0.29) is 0 Å². The van der Waals surface area contributed by atoms with Gasteiger partial charge < -0.3 is 0 Å². The third-order valence-electron chi connectivity index (χ3n) is 2.05. The van der Waals surface area contributed by atoms with Gasteiger partial charge in [0.05, 0.1) is 0 Å². The van der Waals surface area contributed by atoms with E-state index in [0.29, 0.717) is 5.56 Å². The number of fused-ring (bicyclic) bond motifs is 1. The molecule has 0 heterocycles. The van der Waals surface area contributed by atoms with Gasteiger partial charge in [-0.15, -0.1) is 0 Å². The SMILES string of the molecule is O=C(NO)c1ccc2cc[c]cc2c1. The summed E-state index contributed by atoms with van der Waals surface area (Å²) < 4.78 is 0. The van der Waals surface area contributed by atoms with E-state index < -0.39 is 5.91 Å². The third kappa shape index (κ3) is 1.45. The Labute approximate surface area is 80.9 Å². The maximum absolute atomic E-state index is 11.1. The molecule has 2 rings (SSSR count). The van der Waals surface area contributed by atoms with E-state index in [1.807, 2.05) is 18.2 Å². The van der Waals surface area contributed by atoms with Gasteiger partial charge in [-0.2, -0.15) is 0 Å². The fraction of sp³-hybridized carbons (Fsp3) is 0. The van der Waals surface area contributed by atoms with Crippen molar-refractivity contribution in [3.63, 3.8) is 0 Å². The molecule has 1 radical (unpaired) electrons.